The number of sulfonamides is 1. The minimum atomic E-state index is -3.53. The van der Waals surface area contributed by atoms with Crippen LogP contribution >= 0.6 is 0 Å². The maximum Gasteiger partial charge on any atom is 0.329 e. The number of amides is 1. The average Bonchev–Trinajstić information content (AvgIpc) is 2.91. The number of carbonyl (C=O) groups excluding carboxylic acids is 1. The predicted octanol–water partition coefficient (Wildman–Crippen LogP) is 0.950. The molecule has 0 aromatic heterocycles. The van der Waals surface area contributed by atoms with Gasteiger partial charge < -0.3 is 10.0 Å². The first kappa shape index (κ1) is 18.2. The second-order valence-corrected chi connectivity index (χ2v) is 8.55. The van der Waals surface area contributed by atoms with Crippen LogP contribution in [0.3, 0.4) is 0 Å². The van der Waals surface area contributed by atoms with Crippen LogP contribution in [0.5, 0.6) is 0 Å². The lowest BCUT2D eigenvalue weighted by Crippen LogP contribution is -2.61. The van der Waals surface area contributed by atoms with Crippen molar-refractivity contribution in [3.63, 3.8) is 0 Å². The zero-order valence-corrected chi connectivity index (χ0v) is 14.6. The van der Waals surface area contributed by atoms with Crippen LogP contribution in [0.4, 0.5) is 0 Å². The van der Waals surface area contributed by atoms with Crippen LogP contribution < -0.4 is 4.72 Å². The first-order chi connectivity index (χ1) is 10.7. The molecule has 1 aliphatic carbocycles. The Hall–Kier alpha value is -1.15. The van der Waals surface area contributed by atoms with Crippen LogP contribution in [-0.4, -0.2) is 54.7 Å². The van der Waals surface area contributed by atoms with Crippen molar-refractivity contribution >= 4 is 21.9 Å². The number of carbonyl (C=O) groups is 2. The summed E-state index contributed by atoms with van der Waals surface area (Å²) < 4.78 is 25.0. The van der Waals surface area contributed by atoms with Crippen molar-refractivity contribution in [2.75, 3.05) is 12.8 Å². The van der Waals surface area contributed by atoms with Gasteiger partial charge in [-0.25, -0.2) is 17.9 Å². The number of nitrogens with zero attached hydrogens (tertiary/aromatic N) is 1. The Kier molecular flexibility index (Phi) is 5.35. The summed E-state index contributed by atoms with van der Waals surface area (Å²) >= 11 is 0. The van der Waals surface area contributed by atoms with E-state index in [9.17, 15) is 23.1 Å². The molecule has 1 saturated heterocycles. The Balaban J connectivity index is 2.27. The molecule has 0 unspecified atom stereocenters. The quantitative estimate of drug-likeness (QED) is 0.771. The molecule has 0 radical (unpaired) electrons. The van der Waals surface area contributed by atoms with Crippen LogP contribution in [0.25, 0.3) is 0 Å². The van der Waals surface area contributed by atoms with Gasteiger partial charge in [0.05, 0.1) is 12.3 Å². The molecule has 0 spiro atoms. The number of carboxylic acid groups (broad SMARTS) is 1. The normalized spacial score (nSPS) is 27.8. The summed E-state index contributed by atoms with van der Waals surface area (Å²) in [5.41, 5.74) is -1.18. The van der Waals surface area contributed by atoms with Gasteiger partial charge in [0, 0.05) is 6.54 Å². The van der Waals surface area contributed by atoms with Crippen LogP contribution in [0.2, 0.25) is 0 Å². The van der Waals surface area contributed by atoms with E-state index in [-0.39, 0.29) is 5.92 Å². The lowest BCUT2D eigenvalue weighted by atomic mass is 9.73. The van der Waals surface area contributed by atoms with Crippen LogP contribution in [0.15, 0.2) is 0 Å². The largest absolute Gasteiger partial charge is 0.479 e. The summed E-state index contributed by atoms with van der Waals surface area (Å²) in [7, 11) is -3.53. The summed E-state index contributed by atoms with van der Waals surface area (Å²) in [6, 6.07) is -0.953. The Morgan fingerprint density at radius 2 is 1.83 bits per heavy atom. The van der Waals surface area contributed by atoms with E-state index in [2.05, 4.69) is 4.72 Å². The molecule has 2 atom stereocenters. The van der Waals surface area contributed by atoms with E-state index < -0.39 is 33.5 Å². The monoisotopic (exact) mass is 346 g/mol. The third kappa shape index (κ3) is 3.68. The molecule has 1 heterocycles. The first-order valence-electron chi connectivity index (χ1n) is 8.20. The average molecular weight is 346 g/mol. The number of likely N-dealkylation sites (tertiary alicyclic amines) is 1. The standard InChI is InChI=1S/C15H26N2O5S/c1-11(16-23(2,21)22)13(18)17-10-6-9-15(17,14(19)20)12-7-4-3-5-8-12/h11-12,16H,3-10H2,1-2H3,(H,19,20)/t11-,15+/m0/s1. The van der Waals surface area contributed by atoms with Gasteiger partial charge in [0.25, 0.3) is 0 Å². The van der Waals surface area contributed by atoms with E-state index >= 15 is 0 Å². The molecule has 7 nitrogen and oxygen atoms in total. The van der Waals surface area contributed by atoms with Gasteiger partial charge in [-0.3, -0.25) is 4.79 Å². The summed E-state index contributed by atoms with van der Waals surface area (Å²) in [5.74, 6) is -1.45. The molecule has 0 bridgehead atoms. The molecule has 0 aromatic rings. The number of nitrogens with one attached hydrogen (secondary N) is 1. The lowest BCUT2D eigenvalue weighted by Gasteiger charge is -2.43. The van der Waals surface area contributed by atoms with Crippen molar-refractivity contribution in [3.8, 4) is 0 Å². The minimum Gasteiger partial charge on any atom is -0.479 e. The van der Waals surface area contributed by atoms with Crippen LogP contribution in [0, 0.1) is 5.92 Å². The second kappa shape index (κ2) is 6.76. The number of hydrogen-bond acceptors (Lipinski definition) is 4. The van der Waals surface area contributed by atoms with Gasteiger partial charge in [0.1, 0.15) is 5.54 Å². The molecule has 0 aromatic carbocycles. The number of carboxylic acids is 1. The highest BCUT2D eigenvalue weighted by Gasteiger charge is 2.55. The van der Waals surface area contributed by atoms with Crippen molar-refractivity contribution in [1.82, 2.24) is 9.62 Å². The molecular weight excluding hydrogens is 320 g/mol. The second-order valence-electron chi connectivity index (χ2n) is 6.77. The van der Waals surface area contributed by atoms with Crippen molar-refractivity contribution in [1.29, 1.82) is 0 Å². The highest BCUT2D eigenvalue weighted by atomic mass is 32.2. The van der Waals surface area contributed by atoms with Crippen LogP contribution in [-0.2, 0) is 19.6 Å². The molecular formula is C15H26N2O5S. The van der Waals surface area contributed by atoms with Gasteiger partial charge in [-0.15, -0.1) is 0 Å². The molecule has 2 rings (SSSR count). The van der Waals surface area contributed by atoms with Gasteiger partial charge >= 0.3 is 5.97 Å². The highest BCUT2D eigenvalue weighted by molar-refractivity contribution is 7.88. The lowest BCUT2D eigenvalue weighted by molar-refractivity contribution is -0.162. The maximum absolute atomic E-state index is 12.7. The van der Waals surface area contributed by atoms with Gasteiger partial charge in [0.15, 0.2) is 0 Å². The Morgan fingerprint density at radius 3 is 2.35 bits per heavy atom. The van der Waals surface area contributed by atoms with E-state index in [1.807, 2.05) is 0 Å². The molecule has 1 amide bonds. The van der Waals surface area contributed by atoms with E-state index in [1.165, 1.54) is 11.8 Å². The SMILES string of the molecule is C[C@H](NS(C)(=O)=O)C(=O)N1CCC[C@]1(C(=O)O)C1CCCCC1. The Morgan fingerprint density at radius 1 is 1.22 bits per heavy atom. The fourth-order valence-electron chi connectivity index (χ4n) is 4.15. The predicted molar refractivity (Wildman–Crippen MR) is 85.3 cm³/mol. The summed E-state index contributed by atoms with van der Waals surface area (Å²) in [6.07, 6.45) is 6.77. The maximum atomic E-state index is 12.7. The summed E-state index contributed by atoms with van der Waals surface area (Å²) in [4.78, 5) is 26.3. The molecule has 8 heteroatoms. The van der Waals surface area contributed by atoms with Crippen molar-refractivity contribution in [3.05, 3.63) is 0 Å². The Labute approximate surface area is 137 Å². The van der Waals surface area contributed by atoms with Crippen molar-refractivity contribution in [2.24, 2.45) is 5.92 Å². The molecule has 23 heavy (non-hydrogen) atoms. The summed E-state index contributed by atoms with van der Waals surface area (Å²) in [6.45, 7) is 1.84. The smallest absolute Gasteiger partial charge is 0.329 e. The van der Waals surface area contributed by atoms with Crippen LogP contribution in [0.1, 0.15) is 51.9 Å². The number of rotatable bonds is 5. The molecule has 132 valence electrons. The van der Waals surface area contributed by atoms with Gasteiger partial charge in [-0.05, 0) is 38.5 Å². The summed E-state index contributed by atoms with van der Waals surface area (Å²) in [5, 5.41) is 9.92. The van der Waals surface area contributed by atoms with Gasteiger partial charge in [-0.1, -0.05) is 19.3 Å². The van der Waals surface area contributed by atoms with Gasteiger partial charge in [0.2, 0.25) is 15.9 Å². The number of hydrogen-bond donors (Lipinski definition) is 2. The van der Waals surface area contributed by atoms with E-state index in [1.54, 1.807) is 0 Å². The molecule has 1 saturated carbocycles. The molecule has 2 aliphatic rings. The molecule has 1 aliphatic heterocycles. The fraction of sp³-hybridized carbons (Fsp3) is 0.867. The third-order valence-corrected chi connectivity index (χ3v) is 5.88. The highest BCUT2D eigenvalue weighted by Crippen LogP contribution is 2.43. The Bertz CT molecular complexity index is 570. The zero-order chi connectivity index (χ0) is 17.3. The third-order valence-electron chi connectivity index (χ3n) is 5.10. The van der Waals surface area contributed by atoms with Gasteiger partial charge in [-0.2, -0.15) is 0 Å². The van der Waals surface area contributed by atoms with E-state index in [0.29, 0.717) is 19.4 Å². The first-order valence-corrected chi connectivity index (χ1v) is 10.1. The molecule has 2 N–H and O–H groups in total. The van der Waals surface area contributed by atoms with Crippen molar-refractivity contribution < 1.29 is 23.1 Å². The molecule has 2 fully saturated rings. The minimum absolute atomic E-state index is 0.0503. The zero-order valence-electron chi connectivity index (χ0n) is 13.7. The fourth-order valence-corrected chi connectivity index (χ4v) is 4.90. The van der Waals surface area contributed by atoms with Crippen molar-refractivity contribution in [2.45, 2.75) is 63.5 Å². The topological polar surface area (TPSA) is 104 Å². The number of aliphatic carboxylic acids is 1. The van der Waals surface area contributed by atoms with E-state index in [4.69, 9.17) is 0 Å². The van der Waals surface area contributed by atoms with E-state index in [0.717, 1.165) is 38.4 Å².